The normalized spacial score (nSPS) is 16.2. The molecule has 94 valence electrons. The number of benzene rings is 1. The van der Waals surface area contributed by atoms with E-state index in [1.807, 2.05) is 0 Å². The lowest BCUT2D eigenvalue weighted by Gasteiger charge is -2.18. The average Bonchev–Trinajstić information content (AvgIpc) is 3.11. The van der Waals surface area contributed by atoms with Gasteiger partial charge >= 0.3 is 0 Å². The molecule has 0 amide bonds. The predicted octanol–water partition coefficient (Wildman–Crippen LogP) is 1.79. The molecular formula is C12H17NO3S. The van der Waals surface area contributed by atoms with Crippen LogP contribution in [0.5, 0.6) is 5.75 Å². The maximum atomic E-state index is 12.3. The molecule has 0 spiro atoms. The SMILES string of the molecule is COc1ccc(S(=O)(=O)N(C)C2CC2)c(C)c1. The Morgan fingerprint density at radius 2 is 2.00 bits per heavy atom. The lowest BCUT2D eigenvalue weighted by Crippen LogP contribution is -2.29. The van der Waals surface area contributed by atoms with E-state index in [1.165, 1.54) is 4.31 Å². The van der Waals surface area contributed by atoms with Gasteiger partial charge in [-0.15, -0.1) is 0 Å². The first-order valence-corrected chi connectivity index (χ1v) is 7.03. The number of sulfonamides is 1. The number of nitrogens with zero attached hydrogens (tertiary/aromatic N) is 1. The fraction of sp³-hybridized carbons (Fsp3) is 0.500. The summed E-state index contributed by atoms with van der Waals surface area (Å²) in [6, 6.07) is 5.22. The van der Waals surface area contributed by atoms with Crippen molar-refractivity contribution in [2.45, 2.75) is 30.7 Å². The van der Waals surface area contributed by atoms with Crippen LogP contribution < -0.4 is 4.74 Å². The molecule has 1 fully saturated rings. The van der Waals surface area contributed by atoms with Crippen molar-refractivity contribution in [1.82, 2.24) is 4.31 Å². The van der Waals surface area contributed by atoms with Crippen molar-refractivity contribution in [3.63, 3.8) is 0 Å². The first-order valence-electron chi connectivity index (χ1n) is 5.59. The summed E-state index contributed by atoms with van der Waals surface area (Å²) in [5.74, 6) is 0.676. The van der Waals surface area contributed by atoms with Crippen molar-refractivity contribution in [2.75, 3.05) is 14.2 Å². The highest BCUT2D eigenvalue weighted by Crippen LogP contribution is 2.32. The van der Waals surface area contributed by atoms with Gasteiger partial charge in [0, 0.05) is 13.1 Å². The Hall–Kier alpha value is -1.07. The zero-order chi connectivity index (χ0) is 12.6. The Morgan fingerprint density at radius 3 is 2.47 bits per heavy atom. The Bertz CT molecular complexity index is 521. The topological polar surface area (TPSA) is 46.6 Å². The molecule has 0 saturated heterocycles. The highest BCUT2D eigenvalue weighted by Gasteiger charge is 2.35. The molecule has 4 nitrogen and oxygen atoms in total. The van der Waals surface area contributed by atoms with Crippen LogP contribution in [-0.2, 0) is 10.0 Å². The molecule has 5 heteroatoms. The predicted molar refractivity (Wildman–Crippen MR) is 65.7 cm³/mol. The second-order valence-corrected chi connectivity index (χ2v) is 6.35. The number of aryl methyl sites for hydroxylation is 1. The van der Waals surface area contributed by atoms with E-state index in [1.54, 1.807) is 39.3 Å². The number of methoxy groups -OCH3 is 1. The molecular weight excluding hydrogens is 238 g/mol. The van der Waals surface area contributed by atoms with Crippen LogP contribution in [-0.4, -0.2) is 32.9 Å². The summed E-state index contributed by atoms with van der Waals surface area (Å²) in [6.45, 7) is 1.79. The quantitative estimate of drug-likeness (QED) is 0.824. The van der Waals surface area contributed by atoms with Gasteiger partial charge in [0.15, 0.2) is 0 Å². The third-order valence-electron chi connectivity index (χ3n) is 3.10. The summed E-state index contributed by atoms with van der Waals surface area (Å²) < 4.78 is 31.2. The first kappa shape index (κ1) is 12.4. The van der Waals surface area contributed by atoms with Crippen LogP contribution in [0.3, 0.4) is 0 Å². The molecule has 1 aliphatic rings. The minimum atomic E-state index is -3.35. The third-order valence-corrected chi connectivity index (χ3v) is 5.17. The zero-order valence-electron chi connectivity index (χ0n) is 10.3. The summed E-state index contributed by atoms with van der Waals surface area (Å²) in [5.41, 5.74) is 0.719. The van der Waals surface area contributed by atoms with E-state index in [-0.39, 0.29) is 6.04 Å². The number of hydrogen-bond donors (Lipinski definition) is 0. The third kappa shape index (κ3) is 2.30. The molecule has 0 aliphatic heterocycles. The van der Waals surface area contributed by atoms with E-state index < -0.39 is 10.0 Å². The van der Waals surface area contributed by atoms with E-state index in [4.69, 9.17) is 4.74 Å². The highest BCUT2D eigenvalue weighted by molar-refractivity contribution is 7.89. The summed E-state index contributed by atoms with van der Waals surface area (Å²) in [6.07, 6.45) is 1.93. The van der Waals surface area contributed by atoms with Crippen LogP contribution in [0.15, 0.2) is 23.1 Å². The highest BCUT2D eigenvalue weighted by atomic mass is 32.2. The van der Waals surface area contributed by atoms with Crippen LogP contribution in [0.25, 0.3) is 0 Å². The van der Waals surface area contributed by atoms with Crippen molar-refractivity contribution < 1.29 is 13.2 Å². The van der Waals surface area contributed by atoms with Gasteiger partial charge in [0.05, 0.1) is 12.0 Å². The minimum Gasteiger partial charge on any atom is -0.497 e. The van der Waals surface area contributed by atoms with E-state index in [0.717, 1.165) is 18.4 Å². The van der Waals surface area contributed by atoms with E-state index >= 15 is 0 Å². The van der Waals surface area contributed by atoms with Crippen LogP contribution in [0.1, 0.15) is 18.4 Å². The molecule has 0 radical (unpaired) electrons. The van der Waals surface area contributed by atoms with E-state index in [9.17, 15) is 8.42 Å². The van der Waals surface area contributed by atoms with Crippen molar-refractivity contribution in [3.8, 4) is 5.75 Å². The average molecular weight is 255 g/mol. The molecule has 1 saturated carbocycles. The summed E-state index contributed by atoms with van der Waals surface area (Å²) >= 11 is 0. The first-order chi connectivity index (χ1) is 7.96. The fourth-order valence-corrected chi connectivity index (χ4v) is 3.45. The van der Waals surface area contributed by atoms with E-state index in [2.05, 4.69) is 0 Å². The summed E-state index contributed by atoms with van der Waals surface area (Å²) in [7, 11) is -0.135. The van der Waals surface area contributed by atoms with Crippen LogP contribution in [0.4, 0.5) is 0 Å². The summed E-state index contributed by atoms with van der Waals surface area (Å²) in [5, 5.41) is 0. The summed E-state index contributed by atoms with van der Waals surface area (Å²) in [4.78, 5) is 0.368. The Balaban J connectivity index is 2.39. The van der Waals surface area contributed by atoms with Gasteiger partial charge in [-0.25, -0.2) is 8.42 Å². The molecule has 0 N–H and O–H groups in total. The van der Waals surface area contributed by atoms with Gasteiger partial charge in [-0.05, 0) is 43.5 Å². The molecule has 1 aromatic rings. The lowest BCUT2D eigenvalue weighted by atomic mass is 10.2. The van der Waals surface area contributed by atoms with Gasteiger partial charge in [0.25, 0.3) is 0 Å². The van der Waals surface area contributed by atoms with Gasteiger partial charge in [-0.1, -0.05) is 0 Å². The molecule has 0 bridgehead atoms. The van der Waals surface area contributed by atoms with Crippen molar-refractivity contribution in [1.29, 1.82) is 0 Å². The Morgan fingerprint density at radius 1 is 1.35 bits per heavy atom. The van der Waals surface area contributed by atoms with Crippen LogP contribution in [0.2, 0.25) is 0 Å². The molecule has 0 unspecified atom stereocenters. The standard InChI is InChI=1S/C12H17NO3S/c1-9-8-11(16-3)6-7-12(9)17(14,15)13(2)10-4-5-10/h6-8,10H,4-5H2,1-3H3. The fourth-order valence-electron chi connectivity index (χ4n) is 1.83. The second-order valence-electron chi connectivity index (χ2n) is 4.38. The number of hydrogen-bond acceptors (Lipinski definition) is 3. The molecule has 1 aromatic carbocycles. The van der Waals surface area contributed by atoms with Crippen molar-refractivity contribution >= 4 is 10.0 Å². The zero-order valence-corrected chi connectivity index (χ0v) is 11.1. The van der Waals surface area contributed by atoms with Crippen LogP contribution >= 0.6 is 0 Å². The smallest absolute Gasteiger partial charge is 0.243 e. The molecule has 0 heterocycles. The van der Waals surface area contributed by atoms with Crippen LogP contribution in [0, 0.1) is 6.92 Å². The molecule has 0 aromatic heterocycles. The van der Waals surface area contributed by atoms with Gasteiger partial charge in [-0.2, -0.15) is 4.31 Å². The molecule has 17 heavy (non-hydrogen) atoms. The minimum absolute atomic E-state index is 0.182. The second kappa shape index (κ2) is 4.31. The van der Waals surface area contributed by atoms with E-state index in [0.29, 0.717) is 10.6 Å². The maximum Gasteiger partial charge on any atom is 0.243 e. The molecule has 1 aliphatic carbocycles. The monoisotopic (exact) mass is 255 g/mol. The Labute approximate surface area is 102 Å². The largest absolute Gasteiger partial charge is 0.497 e. The Kier molecular flexibility index (Phi) is 3.14. The van der Waals surface area contributed by atoms with Crippen molar-refractivity contribution in [2.24, 2.45) is 0 Å². The number of ether oxygens (including phenoxy) is 1. The maximum absolute atomic E-state index is 12.3. The van der Waals surface area contributed by atoms with Gasteiger partial charge < -0.3 is 4.74 Å². The number of rotatable bonds is 4. The van der Waals surface area contributed by atoms with Gasteiger partial charge in [0.2, 0.25) is 10.0 Å². The molecule has 0 atom stereocenters. The van der Waals surface area contributed by atoms with Gasteiger partial charge in [-0.3, -0.25) is 0 Å². The molecule has 2 rings (SSSR count). The lowest BCUT2D eigenvalue weighted by molar-refractivity contribution is 0.413. The van der Waals surface area contributed by atoms with Gasteiger partial charge in [0.1, 0.15) is 5.75 Å². The van der Waals surface area contributed by atoms with Crippen molar-refractivity contribution in [3.05, 3.63) is 23.8 Å².